The summed E-state index contributed by atoms with van der Waals surface area (Å²) >= 11 is 0. The summed E-state index contributed by atoms with van der Waals surface area (Å²) in [5.74, 6) is 2.67. The van der Waals surface area contributed by atoms with Crippen LogP contribution in [0.25, 0.3) is 0 Å². The Morgan fingerprint density at radius 1 is 1.28 bits per heavy atom. The van der Waals surface area contributed by atoms with Crippen molar-refractivity contribution in [1.82, 2.24) is 5.32 Å². The predicted molar refractivity (Wildman–Crippen MR) is 74.5 cm³/mol. The molecule has 1 N–H and O–H groups in total. The molecule has 0 aliphatic rings. The maximum atomic E-state index is 5.83. The first-order chi connectivity index (χ1) is 8.67. The predicted octanol–water partition coefficient (Wildman–Crippen LogP) is 3.90. The molecule has 104 valence electrons. The summed E-state index contributed by atoms with van der Waals surface area (Å²) in [4.78, 5) is 0. The Balaban J connectivity index is 2.60. The van der Waals surface area contributed by atoms with Crippen molar-refractivity contribution in [1.29, 1.82) is 0 Å². The molecule has 0 saturated carbocycles. The van der Waals surface area contributed by atoms with Crippen LogP contribution in [0, 0.1) is 5.92 Å². The molecule has 0 saturated heterocycles. The first-order valence-electron chi connectivity index (χ1n) is 6.98. The van der Waals surface area contributed by atoms with Gasteiger partial charge in [0.2, 0.25) is 0 Å². The average molecular weight is 253 g/mol. The summed E-state index contributed by atoms with van der Waals surface area (Å²) in [5.41, 5.74) is 0. The molecule has 0 amide bonds. The number of methoxy groups -OCH3 is 1. The molecular weight excluding hydrogens is 226 g/mol. The largest absolute Gasteiger partial charge is 0.462 e. The van der Waals surface area contributed by atoms with Crippen molar-refractivity contribution >= 4 is 0 Å². The summed E-state index contributed by atoms with van der Waals surface area (Å²) in [6.07, 6.45) is 3.48. The molecule has 0 aliphatic carbocycles. The number of nitrogens with one attached hydrogen (secondary N) is 1. The Bertz CT molecular complexity index is 320. The summed E-state index contributed by atoms with van der Waals surface area (Å²) < 4.78 is 10.9. The third-order valence-corrected chi connectivity index (χ3v) is 2.99. The highest BCUT2D eigenvalue weighted by molar-refractivity contribution is 5.10. The van der Waals surface area contributed by atoms with E-state index in [2.05, 4.69) is 32.2 Å². The maximum Gasteiger partial charge on any atom is 0.129 e. The van der Waals surface area contributed by atoms with Gasteiger partial charge >= 0.3 is 0 Å². The average Bonchev–Trinajstić information content (AvgIpc) is 2.78. The molecule has 0 bridgehead atoms. The Labute approximate surface area is 111 Å². The van der Waals surface area contributed by atoms with Gasteiger partial charge in [-0.3, -0.25) is 0 Å². The van der Waals surface area contributed by atoms with Gasteiger partial charge in [-0.1, -0.05) is 20.8 Å². The van der Waals surface area contributed by atoms with Gasteiger partial charge < -0.3 is 14.5 Å². The van der Waals surface area contributed by atoms with Crippen molar-refractivity contribution in [3.8, 4) is 0 Å². The van der Waals surface area contributed by atoms with Crippen LogP contribution in [0.1, 0.15) is 57.6 Å². The molecule has 0 radical (unpaired) electrons. The smallest absolute Gasteiger partial charge is 0.129 e. The zero-order chi connectivity index (χ0) is 13.4. The monoisotopic (exact) mass is 253 g/mol. The van der Waals surface area contributed by atoms with E-state index in [1.54, 1.807) is 7.11 Å². The highest BCUT2D eigenvalue weighted by atomic mass is 16.5. The van der Waals surface area contributed by atoms with E-state index in [-0.39, 0.29) is 0 Å². The van der Waals surface area contributed by atoms with E-state index in [1.165, 1.54) is 6.42 Å². The normalized spacial score (nSPS) is 13.2. The number of hydrogen-bond acceptors (Lipinski definition) is 3. The van der Waals surface area contributed by atoms with Gasteiger partial charge in [0.05, 0.1) is 6.04 Å². The van der Waals surface area contributed by atoms with Crippen molar-refractivity contribution in [3.63, 3.8) is 0 Å². The molecule has 0 aliphatic heterocycles. The van der Waals surface area contributed by atoms with Crippen LogP contribution in [0.3, 0.4) is 0 Å². The van der Waals surface area contributed by atoms with Gasteiger partial charge in [0.1, 0.15) is 18.1 Å². The van der Waals surface area contributed by atoms with Crippen molar-refractivity contribution in [3.05, 3.63) is 23.7 Å². The van der Waals surface area contributed by atoms with Crippen molar-refractivity contribution in [2.24, 2.45) is 5.92 Å². The van der Waals surface area contributed by atoms with Crippen LogP contribution in [0.4, 0.5) is 0 Å². The molecule has 1 heterocycles. The number of furan rings is 1. The highest BCUT2D eigenvalue weighted by Gasteiger charge is 2.15. The fourth-order valence-corrected chi connectivity index (χ4v) is 1.97. The molecule has 18 heavy (non-hydrogen) atoms. The van der Waals surface area contributed by atoms with Crippen LogP contribution in [0.5, 0.6) is 0 Å². The molecule has 0 aromatic carbocycles. The third kappa shape index (κ3) is 5.23. The van der Waals surface area contributed by atoms with Crippen molar-refractivity contribution in [2.45, 2.75) is 52.7 Å². The van der Waals surface area contributed by atoms with Crippen LogP contribution in [0.2, 0.25) is 0 Å². The molecular formula is C15H27NO2. The first-order valence-corrected chi connectivity index (χ1v) is 6.98. The van der Waals surface area contributed by atoms with Crippen LogP contribution in [-0.4, -0.2) is 13.7 Å². The number of rotatable bonds is 9. The van der Waals surface area contributed by atoms with E-state index in [0.717, 1.165) is 36.8 Å². The maximum absolute atomic E-state index is 5.83. The Hall–Kier alpha value is -0.800. The molecule has 1 aromatic rings. The molecule has 3 nitrogen and oxygen atoms in total. The van der Waals surface area contributed by atoms with E-state index in [1.807, 2.05) is 6.07 Å². The van der Waals surface area contributed by atoms with Gasteiger partial charge in [0.15, 0.2) is 0 Å². The molecule has 1 aromatic heterocycles. The lowest BCUT2D eigenvalue weighted by Gasteiger charge is -2.17. The quantitative estimate of drug-likeness (QED) is 0.724. The van der Waals surface area contributed by atoms with E-state index < -0.39 is 0 Å². The molecule has 1 atom stereocenters. The Kier molecular flexibility index (Phi) is 7.06. The minimum absolute atomic E-state index is 0.331. The van der Waals surface area contributed by atoms with Crippen LogP contribution < -0.4 is 5.32 Å². The van der Waals surface area contributed by atoms with Gasteiger partial charge in [-0.2, -0.15) is 0 Å². The Morgan fingerprint density at radius 3 is 2.67 bits per heavy atom. The van der Waals surface area contributed by atoms with Crippen molar-refractivity contribution < 1.29 is 9.15 Å². The molecule has 1 rings (SSSR count). The fraction of sp³-hybridized carbons (Fsp3) is 0.733. The summed E-state index contributed by atoms with van der Waals surface area (Å²) in [5, 5.41) is 3.56. The SMILES string of the molecule is CCCNC(CCC(C)C)c1ccc(COC)o1. The van der Waals surface area contributed by atoms with Crippen LogP contribution in [-0.2, 0) is 11.3 Å². The highest BCUT2D eigenvalue weighted by Crippen LogP contribution is 2.23. The zero-order valence-electron chi connectivity index (χ0n) is 12.2. The number of hydrogen-bond donors (Lipinski definition) is 1. The number of ether oxygens (including phenoxy) is 1. The van der Waals surface area contributed by atoms with Gasteiger partial charge in [0.25, 0.3) is 0 Å². The zero-order valence-corrected chi connectivity index (χ0v) is 12.2. The minimum Gasteiger partial charge on any atom is -0.462 e. The van der Waals surface area contributed by atoms with Crippen molar-refractivity contribution in [2.75, 3.05) is 13.7 Å². The minimum atomic E-state index is 0.331. The van der Waals surface area contributed by atoms with E-state index in [0.29, 0.717) is 12.6 Å². The molecule has 3 heteroatoms. The second-order valence-corrected chi connectivity index (χ2v) is 5.21. The Morgan fingerprint density at radius 2 is 2.06 bits per heavy atom. The lowest BCUT2D eigenvalue weighted by molar-refractivity contribution is 0.161. The summed E-state index contributed by atoms with van der Waals surface area (Å²) in [7, 11) is 1.69. The van der Waals surface area contributed by atoms with E-state index in [4.69, 9.17) is 9.15 Å². The molecule has 0 fully saturated rings. The van der Waals surface area contributed by atoms with Crippen LogP contribution in [0.15, 0.2) is 16.5 Å². The fourth-order valence-electron chi connectivity index (χ4n) is 1.97. The summed E-state index contributed by atoms with van der Waals surface area (Å²) in [6.45, 7) is 8.28. The van der Waals surface area contributed by atoms with Crippen LogP contribution >= 0.6 is 0 Å². The second-order valence-electron chi connectivity index (χ2n) is 5.21. The second kappa shape index (κ2) is 8.33. The van der Waals surface area contributed by atoms with E-state index in [9.17, 15) is 0 Å². The molecule has 1 unspecified atom stereocenters. The van der Waals surface area contributed by atoms with Gasteiger partial charge in [0, 0.05) is 7.11 Å². The van der Waals surface area contributed by atoms with Gasteiger partial charge in [-0.05, 0) is 43.9 Å². The topological polar surface area (TPSA) is 34.4 Å². The summed E-state index contributed by atoms with van der Waals surface area (Å²) in [6, 6.07) is 4.41. The van der Waals surface area contributed by atoms with Gasteiger partial charge in [-0.25, -0.2) is 0 Å². The lowest BCUT2D eigenvalue weighted by atomic mass is 10.0. The third-order valence-electron chi connectivity index (χ3n) is 2.99. The standard InChI is InChI=1S/C15H27NO2/c1-5-10-16-14(8-6-12(2)3)15-9-7-13(18-15)11-17-4/h7,9,12,14,16H,5-6,8,10-11H2,1-4H3. The molecule has 0 spiro atoms. The first kappa shape index (κ1) is 15.3. The lowest BCUT2D eigenvalue weighted by Crippen LogP contribution is -2.22. The van der Waals surface area contributed by atoms with E-state index >= 15 is 0 Å². The van der Waals surface area contributed by atoms with Gasteiger partial charge in [-0.15, -0.1) is 0 Å².